The minimum Gasteiger partial charge on any atom is -0.496 e. The lowest BCUT2D eigenvalue weighted by atomic mass is 9.91. The number of hydrogen-bond acceptors (Lipinski definition) is 5. The summed E-state index contributed by atoms with van der Waals surface area (Å²) in [5.41, 5.74) is 2.87. The topological polar surface area (TPSA) is 85.8 Å². The summed E-state index contributed by atoms with van der Waals surface area (Å²) in [5, 5.41) is 1.33. The Morgan fingerprint density at radius 1 is 1.24 bits per heavy atom. The second-order valence-corrected chi connectivity index (χ2v) is 8.99. The van der Waals surface area contributed by atoms with Gasteiger partial charge >= 0.3 is 0 Å². The molecular weight excluding hydrogens is 446 g/mol. The van der Waals surface area contributed by atoms with Crippen LogP contribution in [0.4, 0.5) is 0 Å². The van der Waals surface area contributed by atoms with Crippen molar-refractivity contribution in [2.75, 3.05) is 34.0 Å². The van der Waals surface area contributed by atoms with Gasteiger partial charge in [-0.15, -0.1) is 0 Å². The Morgan fingerprint density at radius 3 is 2.70 bits per heavy atom. The van der Waals surface area contributed by atoms with Gasteiger partial charge in [0.25, 0.3) is 11.5 Å². The van der Waals surface area contributed by atoms with Crippen LogP contribution in [0.1, 0.15) is 33.3 Å². The number of amides is 1. The first kappa shape index (κ1) is 22.0. The molecule has 9 heteroatoms. The third kappa shape index (κ3) is 3.62. The predicted octanol–water partition coefficient (Wildman–Crippen LogP) is 3.29. The molecule has 1 atom stereocenters. The molecule has 8 nitrogen and oxygen atoms in total. The van der Waals surface area contributed by atoms with Crippen molar-refractivity contribution in [2.24, 2.45) is 5.92 Å². The van der Waals surface area contributed by atoms with E-state index < -0.39 is 0 Å². The van der Waals surface area contributed by atoms with E-state index in [9.17, 15) is 9.59 Å². The maximum absolute atomic E-state index is 13.9. The lowest BCUT2D eigenvalue weighted by Crippen LogP contribution is -2.35. The maximum Gasteiger partial charge on any atom is 0.257 e. The number of aryl methyl sites for hydroxylation is 1. The van der Waals surface area contributed by atoms with E-state index in [4.69, 9.17) is 25.8 Å². The Kier molecular flexibility index (Phi) is 5.68. The summed E-state index contributed by atoms with van der Waals surface area (Å²) in [4.78, 5) is 31.0. The highest BCUT2D eigenvalue weighted by molar-refractivity contribution is 6.36. The largest absolute Gasteiger partial charge is 0.496 e. The first-order chi connectivity index (χ1) is 15.9. The Morgan fingerprint density at radius 2 is 2.03 bits per heavy atom. The van der Waals surface area contributed by atoms with E-state index >= 15 is 0 Å². The highest BCUT2D eigenvalue weighted by Crippen LogP contribution is 2.41. The van der Waals surface area contributed by atoms with Crippen molar-refractivity contribution in [3.05, 3.63) is 62.2 Å². The molecule has 0 aliphatic carbocycles. The summed E-state index contributed by atoms with van der Waals surface area (Å²) in [6.07, 6.45) is 1.71. The molecule has 33 heavy (non-hydrogen) atoms. The van der Waals surface area contributed by atoms with Gasteiger partial charge < -0.3 is 28.7 Å². The molecule has 1 aromatic carbocycles. The van der Waals surface area contributed by atoms with Crippen LogP contribution in [-0.2, 0) is 22.6 Å². The average molecular weight is 472 g/mol. The van der Waals surface area contributed by atoms with E-state index in [0.717, 1.165) is 16.5 Å². The molecule has 2 aliphatic rings. The number of aromatic amines is 1. The number of benzene rings is 1. The van der Waals surface area contributed by atoms with Gasteiger partial charge in [0.2, 0.25) is 0 Å². The lowest BCUT2D eigenvalue weighted by Gasteiger charge is -2.34. The number of ether oxygens (including phenoxy) is 3. The number of rotatable bonds is 6. The monoisotopic (exact) mass is 471 g/mol. The average Bonchev–Trinajstić information content (AvgIpc) is 3.09. The molecule has 1 amide bonds. The molecule has 0 saturated carbocycles. The van der Waals surface area contributed by atoms with Crippen LogP contribution in [0.3, 0.4) is 0 Å². The van der Waals surface area contributed by atoms with E-state index in [1.54, 1.807) is 25.0 Å². The molecule has 5 rings (SSSR count). The van der Waals surface area contributed by atoms with Crippen LogP contribution in [-0.4, -0.2) is 54.3 Å². The smallest absolute Gasteiger partial charge is 0.257 e. The Labute approximate surface area is 196 Å². The van der Waals surface area contributed by atoms with Crippen molar-refractivity contribution < 1.29 is 19.0 Å². The molecule has 1 unspecified atom stereocenters. The summed E-state index contributed by atoms with van der Waals surface area (Å²) in [5.74, 6) is 0.431. The molecular formula is C24H26ClN3O5. The van der Waals surface area contributed by atoms with Gasteiger partial charge in [0.1, 0.15) is 5.75 Å². The standard InChI is InChI=1S/C24H26ClN3O5/c1-13-8-18(31-2)17(23(29)26-13)10-28-7-6-27-5-4-14-9-16(22(32-3)15-11-33-12-15)20(25)19(21(14)27)24(28)30/h4-5,8-9,15,22H,6-7,10-12H2,1-3H3,(H,26,29). The van der Waals surface area contributed by atoms with Gasteiger partial charge in [-0.1, -0.05) is 11.6 Å². The minimum absolute atomic E-state index is 0.120. The zero-order chi connectivity index (χ0) is 23.3. The van der Waals surface area contributed by atoms with Gasteiger partial charge in [-0.05, 0) is 25.1 Å². The van der Waals surface area contributed by atoms with Crippen LogP contribution in [0.15, 0.2) is 29.2 Å². The minimum atomic E-state index is -0.266. The van der Waals surface area contributed by atoms with E-state index in [-0.39, 0.29) is 30.0 Å². The zero-order valence-corrected chi connectivity index (χ0v) is 19.6. The zero-order valence-electron chi connectivity index (χ0n) is 18.8. The van der Waals surface area contributed by atoms with E-state index in [1.807, 2.05) is 22.9 Å². The fraction of sp³-hybridized carbons (Fsp3) is 0.417. The van der Waals surface area contributed by atoms with Crippen LogP contribution >= 0.6 is 11.6 Å². The summed E-state index contributed by atoms with van der Waals surface area (Å²) >= 11 is 6.92. The Balaban J connectivity index is 1.60. The SMILES string of the molecule is COc1cc(C)[nH]c(=O)c1CN1CCn2ccc3cc(C(OC)C4COC4)c(Cl)c(c32)C1=O. The van der Waals surface area contributed by atoms with Crippen molar-refractivity contribution in [1.82, 2.24) is 14.5 Å². The van der Waals surface area contributed by atoms with Gasteiger partial charge in [0.05, 0.1) is 54.6 Å². The van der Waals surface area contributed by atoms with Gasteiger partial charge in [-0.3, -0.25) is 9.59 Å². The first-order valence-corrected chi connectivity index (χ1v) is 11.3. The molecule has 174 valence electrons. The Bertz CT molecular complexity index is 1290. The van der Waals surface area contributed by atoms with Crippen LogP contribution in [0.25, 0.3) is 10.9 Å². The van der Waals surface area contributed by atoms with Crippen molar-refractivity contribution in [1.29, 1.82) is 0 Å². The summed E-state index contributed by atoms with van der Waals surface area (Å²) in [6, 6.07) is 5.78. The molecule has 4 heterocycles. The molecule has 2 aromatic heterocycles. The quantitative estimate of drug-likeness (QED) is 0.596. The van der Waals surface area contributed by atoms with E-state index in [0.29, 0.717) is 53.9 Å². The highest BCUT2D eigenvalue weighted by Gasteiger charge is 2.35. The fourth-order valence-corrected chi connectivity index (χ4v) is 5.14. The van der Waals surface area contributed by atoms with Gasteiger partial charge in [-0.25, -0.2) is 0 Å². The number of hydrogen-bond donors (Lipinski definition) is 1. The third-order valence-electron chi connectivity index (χ3n) is 6.58. The second kappa shape index (κ2) is 8.52. The number of carbonyl (C=O) groups is 1. The molecule has 0 bridgehead atoms. The van der Waals surface area contributed by atoms with Crippen LogP contribution in [0, 0.1) is 12.8 Å². The number of nitrogens with zero attached hydrogens (tertiary/aromatic N) is 2. The second-order valence-electron chi connectivity index (χ2n) is 8.61. The number of H-pyrrole nitrogens is 1. The molecule has 2 aliphatic heterocycles. The van der Waals surface area contributed by atoms with Crippen LogP contribution < -0.4 is 10.3 Å². The van der Waals surface area contributed by atoms with Gasteiger partial charge in [-0.2, -0.15) is 0 Å². The lowest BCUT2D eigenvalue weighted by molar-refractivity contribution is -0.105. The molecule has 1 saturated heterocycles. The molecule has 1 N–H and O–H groups in total. The number of aromatic nitrogens is 2. The number of halogens is 1. The molecule has 0 radical (unpaired) electrons. The number of methoxy groups -OCH3 is 2. The molecule has 0 spiro atoms. The van der Waals surface area contributed by atoms with Crippen molar-refractivity contribution in [3.63, 3.8) is 0 Å². The molecule has 3 aromatic rings. The van der Waals surface area contributed by atoms with Gasteiger partial charge in [0.15, 0.2) is 0 Å². The van der Waals surface area contributed by atoms with Crippen LogP contribution in [0.5, 0.6) is 5.75 Å². The summed E-state index contributed by atoms with van der Waals surface area (Å²) in [7, 11) is 3.17. The number of carbonyl (C=O) groups excluding carboxylic acids is 1. The normalized spacial score (nSPS) is 17.2. The Hall–Kier alpha value is -2.81. The van der Waals surface area contributed by atoms with E-state index in [2.05, 4.69) is 4.98 Å². The summed E-state index contributed by atoms with van der Waals surface area (Å²) in [6.45, 7) is 4.13. The summed E-state index contributed by atoms with van der Waals surface area (Å²) < 4.78 is 18.6. The van der Waals surface area contributed by atoms with Crippen LogP contribution in [0.2, 0.25) is 5.02 Å². The fourth-order valence-electron chi connectivity index (χ4n) is 4.81. The first-order valence-electron chi connectivity index (χ1n) is 10.9. The number of pyridine rings is 1. The van der Waals surface area contributed by atoms with E-state index in [1.165, 1.54) is 7.11 Å². The number of nitrogens with one attached hydrogen (secondary N) is 1. The third-order valence-corrected chi connectivity index (χ3v) is 6.99. The van der Waals surface area contributed by atoms with Crippen molar-refractivity contribution >= 4 is 28.4 Å². The molecule has 1 fully saturated rings. The van der Waals surface area contributed by atoms with Crippen molar-refractivity contribution in [3.8, 4) is 5.75 Å². The van der Waals surface area contributed by atoms with Crippen molar-refractivity contribution in [2.45, 2.75) is 26.1 Å². The maximum atomic E-state index is 13.9. The highest BCUT2D eigenvalue weighted by atomic mass is 35.5. The predicted molar refractivity (Wildman–Crippen MR) is 124 cm³/mol. The van der Waals surface area contributed by atoms with Gasteiger partial charge in [0, 0.05) is 49.0 Å².